The van der Waals surface area contributed by atoms with Crippen molar-refractivity contribution in [2.75, 3.05) is 6.61 Å². The van der Waals surface area contributed by atoms with E-state index in [0.29, 0.717) is 18.2 Å². The van der Waals surface area contributed by atoms with E-state index >= 15 is 0 Å². The molecule has 0 spiro atoms. The number of carbonyl (C=O) groups excluding carboxylic acids is 1. The maximum atomic E-state index is 11.5. The third kappa shape index (κ3) is 2.04. The first kappa shape index (κ1) is 10.6. The average molecular weight is 225 g/mol. The van der Waals surface area contributed by atoms with Gasteiger partial charge in [-0.05, 0) is 26.2 Å². The third-order valence-corrected chi connectivity index (χ3v) is 3.81. The molecule has 2 rings (SSSR count). The van der Waals surface area contributed by atoms with Crippen molar-refractivity contribution in [3.8, 4) is 0 Å². The number of hydrogen-bond acceptors (Lipinski definition) is 4. The fourth-order valence-electron chi connectivity index (χ4n) is 1.63. The Bertz CT molecular complexity index is 386. The Kier molecular flexibility index (Phi) is 2.78. The van der Waals surface area contributed by atoms with Gasteiger partial charge in [-0.15, -0.1) is 11.3 Å². The molecule has 1 saturated carbocycles. The standard InChI is InChI=1S/C11H15NO2S/c1-4-14-11(13)9-7(3)15-10(12-9)8-5-6(8)2/h6,8H,4-5H2,1-3H3. The minimum Gasteiger partial charge on any atom is -0.461 e. The predicted octanol–water partition coefficient (Wildman–Crippen LogP) is 2.75. The molecule has 82 valence electrons. The summed E-state index contributed by atoms with van der Waals surface area (Å²) in [6, 6.07) is 0. The molecule has 0 aromatic carbocycles. The van der Waals surface area contributed by atoms with Crippen LogP contribution < -0.4 is 0 Å². The fourth-order valence-corrected chi connectivity index (χ4v) is 2.79. The zero-order chi connectivity index (χ0) is 11.0. The van der Waals surface area contributed by atoms with E-state index in [1.807, 2.05) is 13.8 Å². The number of carbonyl (C=O) groups is 1. The van der Waals surface area contributed by atoms with Crippen LogP contribution in [-0.2, 0) is 4.74 Å². The second kappa shape index (κ2) is 3.93. The number of esters is 1. The van der Waals surface area contributed by atoms with Crippen LogP contribution in [0.1, 0.15) is 46.6 Å². The second-order valence-electron chi connectivity index (χ2n) is 4.00. The summed E-state index contributed by atoms with van der Waals surface area (Å²) in [5, 5.41) is 1.10. The molecule has 1 aliphatic carbocycles. The van der Waals surface area contributed by atoms with Crippen LogP contribution in [0.3, 0.4) is 0 Å². The van der Waals surface area contributed by atoms with Crippen molar-refractivity contribution in [1.82, 2.24) is 4.98 Å². The van der Waals surface area contributed by atoms with Crippen molar-refractivity contribution in [3.05, 3.63) is 15.6 Å². The van der Waals surface area contributed by atoms with Gasteiger partial charge in [0.05, 0.1) is 11.6 Å². The van der Waals surface area contributed by atoms with Crippen LogP contribution in [0.5, 0.6) is 0 Å². The highest BCUT2D eigenvalue weighted by atomic mass is 32.1. The monoisotopic (exact) mass is 225 g/mol. The number of ether oxygens (including phenoxy) is 1. The third-order valence-electron chi connectivity index (χ3n) is 2.71. The number of rotatable bonds is 3. The van der Waals surface area contributed by atoms with Gasteiger partial charge in [0.2, 0.25) is 0 Å². The minimum atomic E-state index is -0.286. The lowest BCUT2D eigenvalue weighted by Crippen LogP contribution is -2.06. The fraction of sp³-hybridized carbons (Fsp3) is 0.636. The lowest BCUT2D eigenvalue weighted by atomic mass is 10.3. The Morgan fingerprint density at radius 2 is 2.33 bits per heavy atom. The topological polar surface area (TPSA) is 39.2 Å². The normalized spacial score (nSPS) is 23.9. The van der Waals surface area contributed by atoms with Crippen molar-refractivity contribution in [2.45, 2.75) is 33.1 Å². The smallest absolute Gasteiger partial charge is 0.358 e. The zero-order valence-electron chi connectivity index (χ0n) is 9.24. The minimum absolute atomic E-state index is 0.286. The molecule has 0 amide bonds. The summed E-state index contributed by atoms with van der Waals surface area (Å²) in [6.07, 6.45) is 1.20. The van der Waals surface area contributed by atoms with Crippen LogP contribution in [0.2, 0.25) is 0 Å². The van der Waals surface area contributed by atoms with E-state index in [1.54, 1.807) is 11.3 Å². The lowest BCUT2D eigenvalue weighted by Gasteiger charge is -1.97. The summed E-state index contributed by atoms with van der Waals surface area (Å²) in [4.78, 5) is 16.9. The SMILES string of the molecule is CCOC(=O)c1nc(C2CC2C)sc1C. The first-order valence-electron chi connectivity index (χ1n) is 5.28. The Hall–Kier alpha value is -0.900. The maximum Gasteiger partial charge on any atom is 0.358 e. The average Bonchev–Trinajstić information content (AvgIpc) is 2.76. The van der Waals surface area contributed by atoms with Crippen molar-refractivity contribution in [1.29, 1.82) is 0 Å². The van der Waals surface area contributed by atoms with E-state index in [4.69, 9.17) is 4.74 Å². The van der Waals surface area contributed by atoms with E-state index in [2.05, 4.69) is 11.9 Å². The van der Waals surface area contributed by atoms with Crippen LogP contribution >= 0.6 is 11.3 Å². The van der Waals surface area contributed by atoms with Gasteiger partial charge in [-0.25, -0.2) is 9.78 Å². The van der Waals surface area contributed by atoms with Crippen molar-refractivity contribution in [2.24, 2.45) is 5.92 Å². The molecule has 2 atom stereocenters. The molecule has 2 unspecified atom stereocenters. The molecule has 4 heteroatoms. The maximum absolute atomic E-state index is 11.5. The van der Waals surface area contributed by atoms with E-state index in [0.717, 1.165) is 15.8 Å². The first-order chi connectivity index (χ1) is 7.13. The molecular formula is C11H15NO2S. The molecule has 1 fully saturated rings. The highest BCUT2D eigenvalue weighted by molar-refractivity contribution is 7.12. The van der Waals surface area contributed by atoms with Crippen LogP contribution in [-0.4, -0.2) is 17.6 Å². The molecule has 1 aromatic heterocycles. The summed E-state index contributed by atoms with van der Waals surface area (Å²) in [6.45, 7) is 6.36. The summed E-state index contributed by atoms with van der Waals surface area (Å²) in [7, 11) is 0. The predicted molar refractivity (Wildman–Crippen MR) is 59.3 cm³/mol. The van der Waals surface area contributed by atoms with Crippen molar-refractivity contribution < 1.29 is 9.53 Å². The molecule has 1 heterocycles. The Morgan fingerprint density at radius 1 is 1.67 bits per heavy atom. The molecule has 0 bridgehead atoms. The highest BCUT2D eigenvalue weighted by Crippen LogP contribution is 2.48. The summed E-state index contributed by atoms with van der Waals surface area (Å²) in [5.74, 6) is 1.02. The molecule has 0 N–H and O–H groups in total. The quantitative estimate of drug-likeness (QED) is 0.742. The van der Waals surface area contributed by atoms with Crippen LogP contribution in [0.15, 0.2) is 0 Å². The van der Waals surface area contributed by atoms with E-state index in [-0.39, 0.29) is 5.97 Å². The van der Waals surface area contributed by atoms with Gasteiger partial charge in [0.1, 0.15) is 0 Å². The van der Waals surface area contributed by atoms with Gasteiger partial charge in [-0.3, -0.25) is 0 Å². The summed E-state index contributed by atoms with van der Waals surface area (Å²) < 4.78 is 4.95. The molecule has 0 aliphatic heterocycles. The van der Waals surface area contributed by atoms with Gasteiger partial charge in [-0.1, -0.05) is 6.92 Å². The van der Waals surface area contributed by atoms with Gasteiger partial charge >= 0.3 is 5.97 Å². The number of aromatic nitrogens is 1. The first-order valence-corrected chi connectivity index (χ1v) is 6.09. The molecule has 0 saturated heterocycles. The van der Waals surface area contributed by atoms with E-state index < -0.39 is 0 Å². The van der Waals surface area contributed by atoms with Crippen LogP contribution in [0.4, 0.5) is 0 Å². The number of aryl methyl sites for hydroxylation is 1. The Balaban J connectivity index is 2.18. The van der Waals surface area contributed by atoms with E-state index in [9.17, 15) is 4.79 Å². The van der Waals surface area contributed by atoms with Crippen molar-refractivity contribution in [3.63, 3.8) is 0 Å². The molecular weight excluding hydrogens is 210 g/mol. The largest absolute Gasteiger partial charge is 0.461 e. The van der Waals surface area contributed by atoms with Gasteiger partial charge in [0.25, 0.3) is 0 Å². The Labute approximate surface area is 93.5 Å². The van der Waals surface area contributed by atoms with Gasteiger partial charge in [0.15, 0.2) is 5.69 Å². The van der Waals surface area contributed by atoms with Gasteiger partial charge in [0, 0.05) is 10.8 Å². The van der Waals surface area contributed by atoms with Crippen molar-refractivity contribution >= 4 is 17.3 Å². The second-order valence-corrected chi connectivity index (χ2v) is 5.23. The molecule has 15 heavy (non-hydrogen) atoms. The molecule has 0 radical (unpaired) electrons. The molecule has 1 aliphatic rings. The van der Waals surface area contributed by atoms with Crippen LogP contribution in [0.25, 0.3) is 0 Å². The van der Waals surface area contributed by atoms with Crippen LogP contribution in [0, 0.1) is 12.8 Å². The van der Waals surface area contributed by atoms with Gasteiger partial charge < -0.3 is 4.74 Å². The number of thiazole rings is 1. The number of nitrogens with zero attached hydrogens (tertiary/aromatic N) is 1. The zero-order valence-corrected chi connectivity index (χ0v) is 10.1. The van der Waals surface area contributed by atoms with Gasteiger partial charge in [-0.2, -0.15) is 0 Å². The summed E-state index contributed by atoms with van der Waals surface area (Å²) in [5.41, 5.74) is 0.510. The Morgan fingerprint density at radius 3 is 2.87 bits per heavy atom. The highest BCUT2D eigenvalue weighted by Gasteiger charge is 2.37. The number of hydrogen-bond donors (Lipinski definition) is 0. The van der Waals surface area contributed by atoms with E-state index in [1.165, 1.54) is 6.42 Å². The lowest BCUT2D eigenvalue weighted by molar-refractivity contribution is 0.0519. The molecule has 3 nitrogen and oxygen atoms in total. The molecule has 1 aromatic rings. The summed E-state index contributed by atoms with van der Waals surface area (Å²) >= 11 is 1.63.